The summed E-state index contributed by atoms with van der Waals surface area (Å²) in [6, 6.07) is 18.5. The van der Waals surface area contributed by atoms with Crippen molar-refractivity contribution in [2.45, 2.75) is 0 Å². The van der Waals surface area contributed by atoms with E-state index in [0.29, 0.717) is 11.3 Å². The molecule has 4 aromatic rings. The lowest BCUT2D eigenvalue weighted by Gasteiger charge is -2.05. The minimum Gasteiger partial charge on any atom is -0.477 e. The molecule has 0 aliphatic carbocycles. The molecule has 2 aromatic carbocycles. The van der Waals surface area contributed by atoms with Crippen molar-refractivity contribution in [2.75, 3.05) is 0 Å². The van der Waals surface area contributed by atoms with Crippen molar-refractivity contribution in [1.29, 1.82) is 0 Å². The molecular weight excluding hydrogens is 321 g/mol. The smallest absolute Gasteiger partial charge is 0.354 e. The number of aromatic nitrogens is 3. The lowest BCUT2D eigenvalue weighted by Crippen LogP contribution is -2.08. The number of halogens is 1. The van der Waals surface area contributed by atoms with E-state index in [2.05, 4.69) is 10.1 Å². The predicted molar refractivity (Wildman–Crippen MR) is 90.8 cm³/mol. The van der Waals surface area contributed by atoms with Gasteiger partial charge in [0.1, 0.15) is 5.82 Å². The third-order valence-corrected chi connectivity index (χ3v) is 3.87. The van der Waals surface area contributed by atoms with E-state index in [4.69, 9.17) is 0 Å². The van der Waals surface area contributed by atoms with E-state index in [9.17, 15) is 14.3 Å². The van der Waals surface area contributed by atoms with Gasteiger partial charge in [-0.15, -0.1) is 0 Å². The van der Waals surface area contributed by atoms with E-state index in [1.807, 2.05) is 30.3 Å². The zero-order valence-corrected chi connectivity index (χ0v) is 12.9. The molecule has 0 aliphatic rings. The van der Waals surface area contributed by atoms with Crippen LogP contribution in [0, 0.1) is 5.82 Å². The number of carboxylic acid groups (broad SMARTS) is 1. The van der Waals surface area contributed by atoms with E-state index in [1.165, 1.54) is 16.6 Å². The standard InChI is InChI=1S/C19H12FN3O2/c20-14-9-5-4-8-13(14)16-10-17(19(24)25)23-18(21-16)11-15(22-23)12-6-2-1-3-7-12/h1-11H,(H,24,25). The minimum atomic E-state index is -1.16. The molecule has 2 heterocycles. The Labute approximate surface area is 142 Å². The number of hydrogen-bond donors (Lipinski definition) is 1. The maximum atomic E-state index is 14.1. The average molecular weight is 333 g/mol. The molecule has 2 aromatic heterocycles. The lowest BCUT2D eigenvalue weighted by molar-refractivity contribution is 0.0687. The number of aromatic carboxylic acids is 1. The van der Waals surface area contributed by atoms with Crippen LogP contribution in [0.3, 0.4) is 0 Å². The van der Waals surface area contributed by atoms with Gasteiger partial charge in [-0.25, -0.2) is 18.7 Å². The topological polar surface area (TPSA) is 67.5 Å². The monoisotopic (exact) mass is 333 g/mol. The third kappa shape index (κ3) is 2.63. The first-order valence-electron chi connectivity index (χ1n) is 7.58. The zero-order valence-electron chi connectivity index (χ0n) is 12.9. The lowest BCUT2D eigenvalue weighted by atomic mass is 10.1. The molecule has 6 heteroatoms. The normalized spacial score (nSPS) is 10.9. The average Bonchev–Trinajstić information content (AvgIpc) is 3.06. The molecule has 0 atom stereocenters. The van der Waals surface area contributed by atoms with Crippen molar-refractivity contribution in [1.82, 2.24) is 14.6 Å². The Morgan fingerprint density at radius 3 is 2.40 bits per heavy atom. The fourth-order valence-electron chi connectivity index (χ4n) is 2.68. The molecule has 4 rings (SSSR count). The van der Waals surface area contributed by atoms with Gasteiger partial charge in [-0.1, -0.05) is 42.5 Å². The molecule has 25 heavy (non-hydrogen) atoms. The molecule has 0 spiro atoms. The van der Waals surface area contributed by atoms with Crippen LogP contribution < -0.4 is 0 Å². The minimum absolute atomic E-state index is 0.0783. The number of carbonyl (C=O) groups is 1. The maximum absolute atomic E-state index is 14.1. The summed E-state index contributed by atoms with van der Waals surface area (Å²) in [5, 5.41) is 13.9. The molecule has 1 N–H and O–H groups in total. The summed E-state index contributed by atoms with van der Waals surface area (Å²) in [4.78, 5) is 16.0. The number of rotatable bonds is 3. The largest absolute Gasteiger partial charge is 0.477 e. The van der Waals surface area contributed by atoms with Crippen molar-refractivity contribution in [2.24, 2.45) is 0 Å². The van der Waals surface area contributed by atoms with Gasteiger partial charge in [-0.3, -0.25) is 0 Å². The Morgan fingerprint density at radius 2 is 1.68 bits per heavy atom. The summed E-state index contributed by atoms with van der Waals surface area (Å²) in [7, 11) is 0. The zero-order chi connectivity index (χ0) is 17.4. The van der Waals surface area contributed by atoms with Crippen LogP contribution in [0.1, 0.15) is 10.5 Å². The van der Waals surface area contributed by atoms with Crippen molar-refractivity contribution in [3.8, 4) is 22.5 Å². The predicted octanol–water partition coefficient (Wildman–Crippen LogP) is 3.90. The van der Waals surface area contributed by atoms with Crippen LogP contribution in [0.15, 0.2) is 66.7 Å². The molecule has 122 valence electrons. The second-order valence-corrected chi connectivity index (χ2v) is 5.48. The number of hydrogen-bond acceptors (Lipinski definition) is 3. The Kier molecular flexibility index (Phi) is 3.50. The Bertz CT molecular complexity index is 1090. The van der Waals surface area contributed by atoms with Gasteiger partial charge in [0.2, 0.25) is 0 Å². The molecule has 0 amide bonds. The van der Waals surface area contributed by atoms with Crippen LogP contribution in [-0.4, -0.2) is 25.7 Å². The summed E-state index contributed by atoms with van der Waals surface area (Å²) in [5.74, 6) is -1.62. The number of carboxylic acids is 1. The van der Waals surface area contributed by atoms with E-state index >= 15 is 0 Å². The van der Waals surface area contributed by atoms with Crippen LogP contribution in [-0.2, 0) is 0 Å². The van der Waals surface area contributed by atoms with Crippen LogP contribution >= 0.6 is 0 Å². The third-order valence-electron chi connectivity index (χ3n) is 3.87. The SMILES string of the molecule is O=C(O)c1cc(-c2ccccc2F)nc2cc(-c3ccccc3)nn12. The fourth-order valence-corrected chi connectivity index (χ4v) is 2.68. The van der Waals surface area contributed by atoms with Gasteiger partial charge in [-0.05, 0) is 18.2 Å². The van der Waals surface area contributed by atoms with E-state index < -0.39 is 11.8 Å². The highest BCUT2D eigenvalue weighted by molar-refractivity contribution is 5.88. The van der Waals surface area contributed by atoms with Gasteiger partial charge in [-0.2, -0.15) is 5.10 Å². The van der Waals surface area contributed by atoms with Gasteiger partial charge >= 0.3 is 5.97 Å². The van der Waals surface area contributed by atoms with Gasteiger partial charge in [0.05, 0.1) is 11.4 Å². The van der Waals surface area contributed by atoms with Crippen molar-refractivity contribution in [3.05, 3.63) is 78.2 Å². The molecule has 0 saturated carbocycles. The maximum Gasteiger partial charge on any atom is 0.354 e. The highest BCUT2D eigenvalue weighted by Crippen LogP contribution is 2.25. The summed E-state index contributed by atoms with van der Waals surface area (Å²) < 4.78 is 15.3. The molecule has 5 nitrogen and oxygen atoms in total. The van der Waals surface area contributed by atoms with Crippen molar-refractivity contribution >= 4 is 11.6 Å². The summed E-state index contributed by atoms with van der Waals surface area (Å²) in [5.41, 5.74) is 2.21. The highest BCUT2D eigenvalue weighted by atomic mass is 19.1. The van der Waals surface area contributed by atoms with Crippen LogP contribution in [0.5, 0.6) is 0 Å². The molecule has 0 unspecified atom stereocenters. The van der Waals surface area contributed by atoms with Crippen LogP contribution in [0.2, 0.25) is 0 Å². The first-order chi connectivity index (χ1) is 12.1. The summed E-state index contributed by atoms with van der Waals surface area (Å²) in [6.45, 7) is 0. The first-order valence-corrected chi connectivity index (χ1v) is 7.58. The Morgan fingerprint density at radius 1 is 0.960 bits per heavy atom. The number of benzene rings is 2. The van der Waals surface area contributed by atoms with E-state index in [-0.39, 0.29) is 17.0 Å². The molecule has 0 bridgehead atoms. The molecular formula is C19H12FN3O2. The molecule has 0 saturated heterocycles. The molecule has 0 radical (unpaired) electrons. The molecule has 0 fully saturated rings. The Hall–Kier alpha value is -3.54. The van der Waals surface area contributed by atoms with E-state index in [1.54, 1.807) is 24.3 Å². The van der Waals surface area contributed by atoms with Crippen molar-refractivity contribution in [3.63, 3.8) is 0 Å². The van der Waals surface area contributed by atoms with E-state index in [0.717, 1.165) is 5.56 Å². The molecule has 0 aliphatic heterocycles. The highest BCUT2D eigenvalue weighted by Gasteiger charge is 2.17. The van der Waals surface area contributed by atoms with Gasteiger partial charge in [0, 0.05) is 17.2 Å². The van der Waals surface area contributed by atoms with Crippen LogP contribution in [0.4, 0.5) is 4.39 Å². The van der Waals surface area contributed by atoms with Gasteiger partial charge in [0.15, 0.2) is 11.3 Å². The first kappa shape index (κ1) is 15.0. The summed E-state index contributed by atoms with van der Waals surface area (Å²) >= 11 is 0. The van der Waals surface area contributed by atoms with Crippen LogP contribution in [0.25, 0.3) is 28.2 Å². The van der Waals surface area contributed by atoms with Gasteiger partial charge in [0.25, 0.3) is 0 Å². The second kappa shape index (κ2) is 5.83. The van der Waals surface area contributed by atoms with Crippen molar-refractivity contribution < 1.29 is 14.3 Å². The quantitative estimate of drug-likeness (QED) is 0.617. The number of fused-ring (bicyclic) bond motifs is 1. The van der Waals surface area contributed by atoms with Gasteiger partial charge < -0.3 is 5.11 Å². The number of nitrogens with zero attached hydrogens (tertiary/aromatic N) is 3. The Balaban J connectivity index is 1.97. The fraction of sp³-hybridized carbons (Fsp3) is 0. The second-order valence-electron chi connectivity index (χ2n) is 5.48. The summed E-state index contributed by atoms with van der Waals surface area (Å²) in [6.07, 6.45) is 0.